The first-order valence-corrected chi connectivity index (χ1v) is 6.03. The first-order chi connectivity index (χ1) is 9.63. The Morgan fingerprint density at radius 1 is 1.25 bits per heavy atom. The van der Waals surface area contributed by atoms with E-state index >= 15 is 0 Å². The van der Waals surface area contributed by atoms with Crippen LogP contribution in [0.25, 0.3) is 0 Å². The van der Waals surface area contributed by atoms with Crippen molar-refractivity contribution in [2.75, 3.05) is 18.1 Å². The molecule has 0 spiro atoms. The smallest absolute Gasteiger partial charge is 0.251 e. The second-order valence-corrected chi connectivity index (χ2v) is 4.20. The van der Waals surface area contributed by atoms with Crippen molar-refractivity contribution in [3.63, 3.8) is 0 Å². The van der Waals surface area contributed by atoms with Gasteiger partial charge in [-0.3, -0.25) is 4.79 Å². The van der Waals surface area contributed by atoms with Crippen LogP contribution in [-0.2, 0) is 0 Å². The summed E-state index contributed by atoms with van der Waals surface area (Å²) in [6.45, 7) is 0. The van der Waals surface area contributed by atoms with Gasteiger partial charge in [0.1, 0.15) is 0 Å². The van der Waals surface area contributed by atoms with E-state index in [1.807, 2.05) is 6.07 Å². The van der Waals surface area contributed by atoms with Gasteiger partial charge in [0.15, 0.2) is 0 Å². The van der Waals surface area contributed by atoms with Gasteiger partial charge in [-0.15, -0.1) is 0 Å². The molecule has 5 nitrogen and oxygen atoms in total. The number of anilines is 3. The number of nitrogens with zero attached hydrogens (tertiary/aromatic N) is 1. The first kappa shape index (κ1) is 13.4. The largest absolute Gasteiger partial charge is 0.397 e. The number of benzene rings is 2. The van der Waals surface area contributed by atoms with Gasteiger partial charge < -0.3 is 16.4 Å². The number of rotatable bonds is 3. The second-order valence-electron chi connectivity index (χ2n) is 4.20. The van der Waals surface area contributed by atoms with Crippen molar-refractivity contribution in [1.82, 2.24) is 5.32 Å². The number of nitriles is 1. The van der Waals surface area contributed by atoms with Gasteiger partial charge in [0, 0.05) is 18.3 Å². The summed E-state index contributed by atoms with van der Waals surface area (Å²) in [4.78, 5) is 11.5. The third-order valence-corrected chi connectivity index (χ3v) is 2.81. The average molecular weight is 266 g/mol. The van der Waals surface area contributed by atoms with Gasteiger partial charge in [0.2, 0.25) is 0 Å². The lowest BCUT2D eigenvalue weighted by Gasteiger charge is -2.10. The van der Waals surface area contributed by atoms with Crippen molar-refractivity contribution in [2.45, 2.75) is 0 Å². The maximum absolute atomic E-state index is 11.5. The minimum Gasteiger partial charge on any atom is -0.397 e. The molecule has 0 radical (unpaired) electrons. The number of hydrogen-bond acceptors (Lipinski definition) is 4. The van der Waals surface area contributed by atoms with E-state index in [4.69, 9.17) is 11.0 Å². The standard InChI is InChI=1S/C15H14N4O/c1-18-15(20)11-5-6-14(13(17)8-11)19-12-4-2-3-10(7-12)9-16/h2-8,19H,17H2,1H3,(H,18,20). The highest BCUT2D eigenvalue weighted by Crippen LogP contribution is 2.24. The zero-order valence-electron chi connectivity index (χ0n) is 11.0. The summed E-state index contributed by atoms with van der Waals surface area (Å²) >= 11 is 0. The summed E-state index contributed by atoms with van der Waals surface area (Å²) < 4.78 is 0. The van der Waals surface area contributed by atoms with Crippen molar-refractivity contribution in [3.05, 3.63) is 53.6 Å². The molecule has 5 heteroatoms. The van der Waals surface area contributed by atoms with Crippen molar-refractivity contribution < 1.29 is 4.79 Å². The van der Waals surface area contributed by atoms with Crippen LogP contribution in [0.1, 0.15) is 15.9 Å². The fourth-order valence-corrected chi connectivity index (χ4v) is 1.78. The first-order valence-electron chi connectivity index (χ1n) is 6.03. The Hall–Kier alpha value is -3.00. The molecule has 0 bridgehead atoms. The summed E-state index contributed by atoms with van der Waals surface area (Å²) in [5.74, 6) is -0.185. The Morgan fingerprint density at radius 3 is 2.70 bits per heavy atom. The van der Waals surface area contributed by atoms with Crippen LogP contribution < -0.4 is 16.4 Å². The van der Waals surface area contributed by atoms with Crippen molar-refractivity contribution in [2.24, 2.45) is 0 Å². The summed E-state index contributed by atoms with van der Waals surface area (Å²) in [6, 6.07) is 14.2. The number of nitrogen functional groups attached to an aromatic ring is 1. The summed E-state index contributed by atoms with van der Waals surface area (Å²) in [7, 11) is 1.57. The van der Waals surface area contributed by atoms with Crippen LogP contribution in [0.4, 0.5) is 17.1 Å². The van der Waals surface area contributed by atoms with Crippen LogP contribution in [0, 0.1) is 11.3 Å². The number of hydrogen-bond donors (Lipinski definition) is 3. The van der Waals surface area contributed by atoms with Crippen LogP contribution in [0.2, 0.25) is 0 Å². The normalized spacial score (nSPS) is 9.60. The van der Waals surface area contributed by atoms with Crippen LogP contribution in [0.3, 0.4) is 0 Å². The van der Waals surface area contributed by atoms with E-state index in [0.717, 1.165) is 5.69 Å². The molecule has 0 saturated heterocycles. The maximum Gasteiger partial charge on any atom is 0.251 e. The molecule has 20 heavy (non-hydrogen) atoms. The van der Waals surface area contributed by atoms with Crippen molar-refractivity contribution in [3.8, 4) is 6.07 Å². The van der Waals surface area contributed by atoms with E-state index in [-0.39, 0.29) is 5.91 Å². The number of amides is 1. The predicted octanol–water partition coefficient (Wildman–Crippen LogP) is 2.24. The number of nitrogens with two attached hydrogens (primary N) is 1. The quantitative estimate of drug-likeness (QED) is 0.743. The molecule has 0 atom stereocenters. The van der Waals surface area contributed by atoms with Crippen molar-refractivity contribution >= 4 is 23.0 Å². The van der Waals surface area contributed by atoms with Gasteiger partial charge in [-0.2, -0.15) is 5.26 Å². The van der Waals surface area contributed by atoms with Gasteiger partial charge in [0.25, 0.3) is 5.91 Å². The van der Waals surface area contributed by atoms with Gasteiger partial charge in [-0.25, -0.2) is 0 Å². The van der Waals surface area contributed by atoms with E-state index in [0.29, 0.717) is 22.5 Å². The Morgan fingerprint density at radius 2 is 2.05 bits per heavy atom. The Labute approximate surface area is 117 Å². The van der Waals surface area contributed by atoms with Gasteiger partial charge in [-0.1, -0.05) is 6.07 Å². The Bertz CT molecular complexity index is 689. The molecule has 4 N–H and O–H groups in total. The third kappa shape index (κ3) is 2.87. The number of carbonyl (C=O) groups excluding carboxylic acids is 1. The topological polar surface area (TPSA) is 90.9 Å². The maximum atomic E-state index is 11.5. The molecule has 2 aromatic rings. The molecule has 100 valence electrons. The molecule has 0 fully saturated rings. The molecule has 0 saturated carbocycles. The van der Waals surface area contributed by atoms with Gasteiger partial charge in [-0.05, 0) is 36.4 Å². The van der Waals surface area contributed by atoms with Crippen LogP contribution >= 0.6 is 0 Å². The summed E-state index contributed by atoms with van der Waals surface area (Å²) in [5, 5.41) is 14.5. The van der Waals surface area contributed by atoms with E-state index in [1.165, 1.54) is 0 Å². The van der Waals surface area contributed by atoms with Gasteiger partial charge >= 0.3 is 0 Å². The average Bonchev–Trinajstić information content (AvgIpc) is 2.48. The van der Waals surface area contributed by atoms with Crippen LogP contribution in [0.15, 0.2) is 42.5 Å². The third-order valence-electron chi connectivity index (χ3n) is 2.81. The minimum atomic E-state index is -0.185. The molecule has 0 unspecified atom stereocenters. The molecule has 0 heterocycles. The van der Waals surface area contributed by atoms with Crippen LogP contribution in [-0.4, -0.2) is 13.0 Å². The van der Waals surface area contributed by atoms with Crippen LogP contribution in [0.5, 0.6) is 0 Å². The fraction of sp³-hybridized carbons (Fsp3) is 0.0667. The highest BCUT2D eigenvalue weighted by molar-refractivity contribution is 5.96. The molecular weight excluding hydrogens is 252 g/mol. The molecule has 0 aliphatic heterocycles. The van der Waals surface area contributed by atoms with E-state index < -0.39 is 0 Å². The van der Waals surface area contributed by atoms with Gasteiger partial charge in [0.05, 0.1) is 23.0 Å². The lowest BCUT2D eigenvalue weighted by Crippen LogP contribution is -2.17. The summed E-state index contributed by atoms with van der Waals surface area (Å²) in [6.07, 6.45) is 0. The predicted molar refractivity (Wildman–Crippen MR) is 78.7 cm³/mol. The Kier molecular flexibility index (Phi) is 3.87. The summed E-state index contributed by atoms with van der Waals surface area (Å²) in [5.41, 5.74) is 8.91. The highest BCUT2D eigenvalue weighted by Gasteiger charge is 2.06. The highest BCUT2D eigenvalue weighted by atomic mass is 16.1. The van der Waals surface area contributed by atoms with E-state index in [9.17, 15) is 4.79 Å². The zero-order chi connectivity index (χ0) is 14.5. The molecule has 0 aliphatic carbocycles. The SMILES string of the molecule is CNC(=O)c1ccc(Nc2cccc(C#N)c2)c(N)c1. The molecule has 0 aromatic heterocycles. The second kappa shape index (κ2) is 5.76. The molecule has 2 aromatic carbocycles. The molecular formula is C15H14N4O. The Balaban J connectivity index is 2.26. The van der Waals surface area contributed by atoms with E-state index in [2.05, 4.69) is 16.7 Å². The number of carbonyl (C=O) groups is 1. The van der Waals surface area contributed by atoms with E-state index in [1.54, 1.807) is 43.4 Å². The lowest BCUT2D eigenvalue weighted by molar-refractivity contribution is 0.0963. The molecule has 2 rings (SSSR count). The zero-order valence-corrected chi connectivity index (χ0v) is 11.0. The lowest BCUT2D eigenvalue weighted by atomic mass is 10.1. The molecule has 0 aliphatic rings. The molecule has 1 amide bonds. The van der Waals surface area contributed by atoms with Crippen molar-refractivity contribution in [1.29, 1.82) is 5.26 Å². The number of nitrogens with one attached hydrogen (secondary N) is 2. The monoisotopic (exact) mass is 266 g/mol. The fourth-order valence-electron chi connectivity index (χ4n) is 1.78. The minimum absolute atomic E-state index is 0.185.